The van der Waals surface area contributed by atoms with E-state index >= 15 is 0 Å². The third kappa shape index (κ3) is 4.97. The summed E-state index contributed by atoms with van der Waals surface area (Å²) in [6.45, 7) is -0.272. The molecule has 0 spiro atoms. The van der Waals surface area contributed by atoms with Crippen LogP contribution in [-0.4, -0.2) is 38.7 Å². The lowest BCUT2D eigenvalue weighted by atomic mass is 10.2. The van der Waals surface area contributed by atoms with E-state index in [0.717, 1.165) is 11.8 Å². The normalized spacial score (nSPS) is 15.1. The van der Waals surface area contributed by atoms with Crippen molar-refractivity contribution in [3.63, 3.8) is 0 Å². The van der Waals surface area contributed by atoms with E-state index in [9.17, 15) is 14.4 Å². The smallest absolute Gasteiger partial charge is 0.335 e. The number of carbonyl (C=O) groups is 3. The molecule has 1 fully saturated rings. The Morgan fingerprint density at radius 2 is 1.86 bits per heavy atom. The lowest BCUT2D eigenvalue weighted by molar-refractivity contribution is -0.126. The van der Waals surface area contributed by atoms with Gasteiger partial charge in [-0.2, -0.15) is 0 Å². The van der Waals surface area contributed by atoms with Gasteiger partial charge in [0.2, 0.25) is 5.91 Å². The van der Waals surface area contributed by atoms with Crippen LogP contribution in [0.3, 0.4) is 0 Å². The number of thiocarbonyl (C=S) groups is 1. The van der Waals surface area contributed by atoms with Gasteiger partial charge in [0.05, 0.1) is 20.5 Å². The highest BCUT2D eigenvalue weighted by atomic mass is 35.5. The molecule has 148 valence electrons. The Bertz CT molecular complexity index is 1050. The standard InChI is InChI=1S/C19H12Cl2N2O4S2/c20-13-3-1-2-11(16(13)21)8-14-17(25)23(19(28)29-14)9-15(24)22-12-6-4-10(5-7-12)18(26)27/h1-8H,9H2,(H,22,24)(H,26,27)/b14-8-. The van der Waals surface area contributed by atoms with Crippen molar-refractivity contribution < 1.29 is 19.5 Å². The summed E-state index contributed by atoms with van der Waals surface area (Å²) >= 11 is 18.4. The zero-order chi connectivity index (χ0) is 21.1. The van der Waals surface area contributed by atoms with Crippen LogP contribution in [0.15, 0.2) is 47.4 Å². The number of nitrogens with one attached hydrogen (secondary N) is 1. The third-order valence-electron chi connectivity index (χ3n) is 3.86. The molecule has 6 nitrogen and oxygen atoms in total. The van der Waals surface area contributed by atoms with Gasteiger partial charge in [-0.05, 0) is 42.0 Å². The number of aromatic carboxylic acids is 1. The van der Waals surface area contributed by atoms with Crippen molar-refractivity contribution in [3.05, 3.63) is 68.5 Å². The number of halogens is 2. The van der Waals surface area contributed by atoms with E-state index in [1.165, 1.54) is 29.2 Å². The fraction of sp³-hybridized carbons (Fsp3) is 0.0526. The maximum absolute atomic E-state index is 12.7. The van der Waals surface area contributed by atoms with Gasteiger partial charge in [-0.15, -0.1) is 0 Å². The topological polar surface area (TPSA) is 86.7 Å². The van der Waals surface area contributed by atoms with Crippen LogP contribution in [0.1, 0.15) is 15.9 Å². The quantitative estimate of drug-likeness (QED) is 0.497. The lowest BCUT2D eigenvalue weighted by Crippen LogP contribution is -2.36. The zero-order valence-corrected chi connectivity index (χ0v) is 17.7. The van der Waals surface area contributed by atoms with Crippen molar-refractivity contribution in [2.45, 2.75) is 0 Å². The monoisotopic (exact) mass is 466 g/mol. The fourth-order valence-corrected chi connectivity index (χ4v) is 4.06. The number of amides is 2. The molecular weight excluding hydrogens is 455 g/mol. The number of rotatable bonds is 5. The van der Waals surface area contributed by atoms with Gasteiger partial charge in [0.1, 0.15) is 10.9 Å². The molecule has 0 unspecified atom stereocenters. The third-order valence-corrected chi connectivity index (χ3v) is 6.07. The zero-order valence-electron chi connectivity index (χ0n) is 14.5. The first kappa shape index (κ1) is 21.3. The average Bonchev–Trinajstić information content (AvgIpc) is 2.93. The number of carboxylic acid groups (broad SMARTS) is 1. The fourth-order valence-electron chi connectivity index (χ4n) is 2.45. The second-order valence-corrected chi connectivity index (χ2v) is 8.30. The first-order chi connectivity index (χ1) is 13.8. The highest BCUT2D eigenvalue weighted by molar-refractivity contribution is 8.26. The molecule has 1 saturated heterocycles. The summed E-state index contributed by atoms with van der Waals surface area (Å²) in [6, 6.07) is 10.7. The number of carboxylic acids is 1. The van der Waals surface area contributed by atoms with Crippen LogP contribution in [0.2, 0.25) is 10.0 Å². The molecule has 1 aliphatic rings. The number of thioether (sulfide) groups is 1. The van der Waals surface area contributed by atoms with E-state index in [1.807, 2.05) is 0 Å². The van der Waals surface area contributed by atoms with Gasteiger partial charge in [-0.25, -0.2) is 4.79 Å². The number of hydrogen-bond acceptors (Lipinski definition) is 5. The first-order valence-electron chi connectivity index (χ1n) is 8.09. The molecule has 0 saturated carbocycles. The average molecular weight is 467 g/mol. The lowest BCUT2D eigenvalue weighted by Gasteiger charge is -2.14. The molecule has 0 aliphatic carbocycles. The highest BCUT2D eigenvalue weighted by Gasteiger charge is 2.33. The van der Waals surface area contributed by atoms with Crippen molar-refractivity contribution in [1.82, 2.24) is 4.90 Å². The number of anilines is 1. The van der Waals surface area contributed by atoms with Gasteiger partial charge in [0.15, 0.2) is 0 Å². The minimum absolute atomic E-state index is 0.102. The Labute approximate surface area is 185 Å². The van der Waals surface area contributed by atoms with Crippen molar-refractivity contribution in [2.24, 2.45) is 0 Å². The molecule has 0 atom stereocenters. The summed E-state index contributed by atoms with van der Waals surface area (Å²) in [5.41, 5.74) is 1.08. The summed E-state index contributed by atoms with van der Waals surface area (Å²) in [7, 11) is 0. The maximum Gasteiger partial charge on any atom is 0.335 e. The molecule has 1 aliphatic heterocycles. The molecule has 10 heteroatoms. The molecule has 2 N–H and O–H groups in total. The molecule has 29 heavy (non-hydrogen) atoms. The van der Waals surface area contributed by atoms with E-state index in [-0.39, 0.29) is 16.4 Å². The van der Waals surface area contributed by atoms with E-state index in [4.69, 9.17) is 40.5 Å². The molecule has 0 aromatic heterocycles. The van der Waals surface area contributed by atoms with E-state index in [0.29, 0.717) is 26.2 Å². The SMILES string of the molecule is O=C(CN1C(=O)/C(=C/c2cccc(Cl)c2Cl)SC1=S)Nc1ccc(C(=O)O)cc1. The second-order valence-electron chi connectivity index (χ2n) is 5.84. The van der Waals surface area contributed by atoms with Gasteiger partial charge in [0, 0.05) is 5.69 Å². The van der Waals surface area contributed by atoms with Gasteiger partial charge in [-0.1, -0.05) is 59.3 Å². The molecule has 1 heterocycles. The maximum atomic E-state index is 12.7. The minimum Gasteiger partial charge on any atom is -0.478 e. The minimum atomic E-state index is -1.06. The summed E-state index contributed by atoms with van der Waals surface area (Å²) in [4.78, 5) is 37.3. The van der Waals surface area contributed by atoms with E-state index < -0.39 is 17.8 Å². The van der Waals surface area contributed by atoms with Crippen molar-refractivity contribution in [1.29, 1.82) is 0 Å². The van der Waals surface area contributed by atoms with Crippen molar-refractivity contribution >= 4 is 81.0 Å². The number of benzene rings is 2. The number of nitrogens with zero attached hydrogens (tertiary/aromatic N) is 1. The highest BCUT2D eigenvalue weighted by Crippen LogP contribution is 2.35. The van der Waals surface area contributed by atoms with Gasteiger partial charge >= 0.3 is 5.97 Å². The number of carbonyl (C=O) groups excluding carboxylic acids is 2. The Morgan fingerprint density at radius 1 is 1.17 bits per heavy atom. The molecule has 3 rings (SSSR count). The van der Waals surface area contributed by atoms with Crippen molar-refractivity contribution in [2.75, 3.05) is 11.9 Å². The van der Waals surface area contributed by atoms with Crippen LogP contribution >= 0.6 is 47.2 Å². The van der Waals surface area contributed by atoms with Crippen molar-refractivity contribution in [3.8, 4) is 0 Å². The van der Waals surface area contributed by atoms with E-state index in [1.54, 1.807) is 24.3 Å². The molecule has 0 bridgehead atoms. The van der Waals surface area contributed by atoms with Gasteiger partial charge < -0.3 is 10.4 Å². The Balaban J connectivity index is 1.69. The molecule has 2 aromatic carbocycles. The van der Waals surface area contributed by atoms with Crippen LogP contribution in [0.25, 0.3) is 6.08 Å². The van der Waals surface area contributed by atoms with Crippen LogP contribution in [0.4, 0.5) is 5.69 Å². The van der Waals surface area contributed by atoms with Crippen LogP contribution in [0.5, 0.6) is 0 Å². The Kier molecular flexibility index (Phi) is 6.59. The predicted octanol–water partition coefficient (Wildman–Crippen LogP) is 4.53. The Hall–Kier alpha value is -2.39. The summed E-state index contributed by atoms with van der Waals surface area (Å²) in [5.74, 6) is -1.94. The second kappa shape index (κ2) is 8.96. The van der Waals surface area contributed by atoms with Gasteiger partial charge in [-0.3, -0.25) is 14.5 Å². The largest absolute Gasteiger partial charge is 0.478 e. The van der Waals surface area contributed by atoms with Crippen LogP contribution in [-0.2, 0) is 9.59 Å². The summed E-state index contributed by atoms with van der Waals surface area (Å²) < 4.78 is 0.246. The molecule has 0 radical (unpaired) electrons. The van der Waals surface area contributed by atoms with Crippen LogP contribution < -0.4 is 5.32 Å². The van der Waals surface area contributed by atoms with Gasteiger partial charge in [0.25, 0.3) is 5.91 Å². The Morgan fingerprint density at radius 3 is 2.52 bits per heavy atom. The first-order valence-corrected chi connectivity index (χ1v) is 10.1. The predicted molar refractivity (Wildman–Crippen MR) is 118 cm³/mol. The van der Waals surface area contributed by atoms with Crippen LogP contribution in [0, 0.1) is 0 Å². The molecular formula is C19H12Cl2N2O4S2. The number of hydrogen-bond donors (Lipinski definition) is 2. The molecule has 2 aromatic rings. The summed E-state index contributed by atoms with van der Waals surface area (Å²) in [6.07, 6.45) is 1.58. The molecule has 2 amide bonds. The summed E-state index contributed by atoms with van der Waals surface area (Å²) in [5, 5.41) is 12.2. The van der Waals surface area contributed by atoms with E-state index in [2.05, 4.69) is 5.32 Å².